The second kappa shape index (κ2) is 11.3. The summed E-state index contributed by atoms with van der Waals surface area (Å²) < 4.78 is 17.0. The number of phenols is 1. The van der Waals surface area contributed by atoms with E-state index in [4.69, 9.17) is 14.0 Å². The summed E-state index contributed by atoms with van der Waals surface area (Å²) in [4.78, 5) is 13.9. The number of carbonyl (C=O) groups excluding carboxylic acids is 1. The predicted octanol–water partition coefficient (Wildman–Crippen LogP) is 5.86. The second-order valence-corrected chi connectivity index (χ2v) is 9.15. The van der Waals surface area contributed by atoms with Gasteiger partial charge in [-0.15, -0.1) is 0 Å². The fraction of sp³-hybridized carbons (Fsp3) is 0.267. The minimum Gasteiger partial charge on any atom is -0.508 e. The van der Waals surface area contributed by atoms with Crippen LogP contribution < -0.4 is 14.8 Å². The number of phenolic OH excluding ortho intramolecular Hbond substituents is 1. The maximum absolute atomic E-state index is 13.9. The molecule has 5 rings (SSSR count). The number of benzene rings is 3. The molecule has 1 unspecified atom stereocenters. The monoisotopic (exact) mass is 498 g/mol. The molecule has 1 atom stereocenters. The lowest BCUT2D eigenvalue weighted by molar-refractivity contribution is 0.103. The first kappa shape index (κ1) is 24.6. The molecule has 0 saturated carbocycles. The van der Waals surface area contributed by atoms with Crippen LogP contribution in [0.5, 0.6) is 17.2 Å². The zero-order chi connectivity index (χ0) is 25.6. The normalized spacial score (nSPS) is 15.3. The molecule has 0 spiro atoms. The van der Waals surface area contributed by atoms with E-state index in [0.29, 0.717) is 52.3 Å². The molecule has 2 heterocycles. The minimum atomic E-state index is -0.227. The first-order valence-electron chi connectivity index (χ1n) is 12.6. The van der Waals surface area contributed by atoms with Crippen LogP contribution in [-0.2, 0) is 0 Å². The maximum atomic E-state index is 13.9. The lowest BCUT2D eigenvalue weighted by Gasteiger charge is -2.23. The molecule has 1 fully saturated rings. The van der Waals surface area contributed by atoms with Crippen molar-refractivity contribution >= 4 is 5.78 Å². The molecule has 2 N–H and O–H groups in total. The highest BCUT2D eigenvalue weighted by molar-refractivity contribution is 6.15. The smallest absolute Gasteiger partial charge is 0.199 e. The van der Waals surface area contributed by atoms with Gasteiger partial charge in [-0.25, -0.2) is 0 Å². The number of ketones is 1. The Kier molecular flexibility index (Phi) is 7.51. The number of hydrogen-bond acceptors (Lipinski definition) is 7. The summed E-state index contributed by atoms with van der Waals surface area (Å²) in [7, 11) is 1.60. The van der Waals surface area contributed by atoms with Crippen molar-refractivity contribution in [1.29, 1.82) is 0 Å². The molecule has 3 aromatic carbocycles. The van der Waals surface area contributed by atoms with Gasteiger partial charge in [0.2, 0.25) is 0 Å². The lowest BCUT2D eigenvalue weighted by Crippen LogP contribution is -2.35. The molecule has 1 aliphatic rings. The van der Waals surface area contributed by atoms with Gasteiger partial charge >= 0.3 is 0 Å². The molecule has 7 heteroatoms. The Labute approximate surface area is 216 Å². The van der Waals surface area contributed by atoms with E-state index in [1.807, 2.05) is 36.4 Å². The summed E-state index contributed by atoms with van der Waals surface area (Å²) in [5.74, 6) is 1.59. The van der Waals surface area contributed by atoms with E-state index < -0.39 is 0 Å². The molecular formula is C30H30N2O5. The number of rotatable bonds is 9. The van der Waals surface area contributed by atoms with Crippen LogP contribution in [0.3, 0.4) is 0 Å². The molecule has 0 amide bonds. The maximum Gasteiger partial charge on any atom is 0.199 e. The van der Waals surface area contributed by atoms with Crippen LogP contribution in [0.1, 0.15) is 41.6 Å². The SMILES string of the molecule is COc1ccc(-c2noc(-c3ccc(O)cc3)c2C(=O)c2cccc(OCCC3CCCCN3)c2)cc1. The fourth-order valence-electron chi connectivity index (χ4n) is 4.62. The van der Waals surface area contributed by atoms with Crippen molar-refractivity contribution in [1.82, 2.24) is 10.5 Å². The molecule has 0 bridgehead atoms. The number of piperidine rings is 1. The number of carbonyl (C=O) groups is 1. The average Bonchev–Trinajstić information content (AvgIpc) is 3.39. The lowest BCUT2D eigenvalue weighted by atomic mass is 9.95. The molecule has 1 saturated heterocycles. The van der Waals surface area contributed by atoms with Gasteiger partial charge in [-0.1, -0.05) is 23.7 Å². The van der Waals surface area contributed by atoms with E-state index in [0.717, 1.165) is 18.5 Å². The van der Waals surface area contributed by atoms with E-state index in [1.165, 1.54) is 19.3 Å². The third-order valence-corrected chi connectivity index (χ3v) is 6.66. The van der Waals surface area contributed by atoms with Crippen LogP contribution in [0, 0.1) is 0 Å². The standard InChI is InChI=1S/C30H30N2O5/c1-35-25-14-10-20(11-15-25)28-27(30(37-32-28)21-8-12-24(33)13-9-21)29(34)22-5-4-7-26(19-22)36-18-16-23-6-2-3-17-31-23/h4-5,7-15,19,23,31,33H,2-3,6,16-18H2,1H3. The second-order valence-electron chi connectivity index (χ2n) is 9.15. The summed E-state index contributed by atoms with van der Waals surface area (Å²) >= 11 is 0. The van der Waals surface area contributed by atoms with Crippen LogP contribution in [0.15, 0.2) is 77.3 Å². The average molecular weight is 499 g/mol. The Hall–Kier alpha value is -4.10. The quantitative estimate of drug-likeness (QED) is 0.279. The minimum absolute atomic E-state index is 0.125. The van der Waals surface area contributed by atoms with Gasteiger partial charge in [0.05, 0.1) is 19.3 Å². The topological polar surface area (TPSA) is 93.8 Å². The van der Waals surface area contributed by atoms with Crippen molar-refractivity contribution in [2.75, 3.05) is 20.3 Å². The number of nitrogens with one attached hydrogen (secondary N) is 1. The van der Waals surface area contributed by atoms with Crippen LogP contribution in [0.4, 0.5) is 0 Å². The molecule has 1 aliphatic heterocycles. The highest BCUT2D eigenvalue weighted by Gasteiger charge is 2.26. The summed E-state index contributed by atoms with van der Waals surface area (Å²) in [6.07, 6.45) is 4.58. The van der Waals surface area contributed by atoms with Crippen molar-refractivity contribution in [3.8, 4) is 39.8 Å². The van der Waals surface area contributed by atoms with Gasteiger partial charge in [-0.05, 0) is 86.5 Å². The molecule has 190 valence electrons. The van der Waals surface area contributed by atoms with Crippen molar-refractivity contribution < 1.29 is 23.9 Å². The largest absolute Gasteiger partial charge is 0.508 e. The highest BCUT2D eigenvalue weighted by Crippen LogP contribution is 2.35. The van der Waals surface area contributed by atoms with Gasteiger partial charge in [-0.3, -0.25) is 4.79 Å². The van der Waals surface area contributed by atoms with Gasteiger partial charge in [0.15, 0.2) is 11.5 Å². The Morgan fingerprint density at radius 2 is 1.81 bits per heavy atom. The fourth-order valence-corrected chi connectivity index (χ4v) is 4.62. The summed E-state index contributed by atoms with van der Waals surface area (Å²) in [6, 6.07) is 21.5. The van der Waals surface area contributed by atoms with E-state index >= 15 is 0 Å². The zero-order valence-electron chi connectivity index (χ0n) is 20.8. The molecule has 0 aliphatic carbocycles. The third-order valence-electron chi connectivity index (χ3n) is 6.66. The Morgan fingerprint density at radius 3 is 2.54 bits per heavy atom. The van der Waals surface area contributed by atoms with Crippen LogP contribution in [-0.4, -0.2) is 42.3 Å². The van der Waals surface area contributed by atoms with Crippen molar-refractivity contribution in [2.24, 2.45) is 0 Å². The van der Waals surface area contributed by atoms with Crippen molar-refractivity contribution in [3.63, 3.8) is 0 Å². The van der Waals surface area contributed by atoms with E-state index in [-0.39, 0.29) is 11.5 Å². The number of methoxy groups -OCH3 is 1. The number of aromatic nitrogens is 1. The summed E-state index contributed by atoms with van der Waals surface area (Å²) in [5, 5.41) is 17.5. The molecule has 1 aromatic heterocycles. The molecule has 7 nitrogen and oxygen atoms in total. The first-order chi connectivity index (χ1) is 18.1. The Balaban J connectivity index is 1.45. The first-order valence-corrected chi connectivity index (χ1v) is 12.6. The molecular weight excluding hydrogens is 468 g/mol. The highest BCUT2D eigenvalue weighted by atomic mass is 16.5. The van der Waals surface area contributed by atoms with Gasteiger partial charge in [0.25, 0.3) is 0 Å². The number of aromatic hydroxyl groups is 1. The van der Waals surface area contributed by atoms with E-state index in [9.17, 15) is 9.90 Å². The zero-order valence-corrected chi connectivity index (χ0v) is 20.8. The van der Waals surface area contributed by atoms with Crippen molar-refractivity contribution in [2.45, 2.75) is 31.7 Å². The summed E-state index contributed by atoms with van der Waals surface area (Å²) in [6.45, 7) is 1.64. The number of hydrogen-bond donors (Lipinski definition) is 2. The summed E-state index contributed by atoms with van der Waals surface area (Å²) in [5.41, 5.74) is 2.63. The van der Waals surface area contributed by atoms with Crippen LogP contribution in [0.2, 0.25) is 0 Å². The predicted molar refractivity (Wildman–Crippen MR) is 141 cm³/mol. The van der Waals surface area contributed by atoms with Gasteiger partial charge in [0.1, 0.15) is 22.9 Å². The van der Waals surface area contributed by atoms with Gasteiger partial charge in [0, 0.05) is 22.7 Å². The van der Waals surface area contributed by atoms with Crippen LogP contribution in [0.25, 0.3) is 22.6 Å². The number of ether oxygens (including phenoxy) is 2. The Morgan fingerprint density at radius 1 is 1.03 bits per heavy atom. The Bertz CT molecular complexity index is 1340. The molecule has 37 heavy (non-hydrogen) atoms. The number of nitrogens with zero attached hydrogens (tertiary/aromatic N) is 1. The van der Waals surface area contributed by atoms with E-state index in [1.54, 1.807) is 43.5 Å². The van der Waals surface area contributed by atoms with Crippen molar-refractivity contribution in [3.05, 3.63) is 83.9 Å². The van der Waals surface area contributed by atoms with Gasteiger partial charge < -0.3 is 24.4 Å². The molecule has 4 aromatic rings. The molecule has 0 radical (unpaired) electrons. The van der Waals surface area contributed by atoms with Crippen LogP contribution >= 0.6 is 0 Å². The van der Waals surface area contributed by atoms with E-state index in [2.05, 4.69) is 10.5 Å². The van der Waals surface area contributed by atoms with Gasteiger partial charge in [-0.2, -0.15) is 0 Å². The third kappa shape index (κ3) is 5.67.